The van der Waals surface area contributed by atoms with Crippen molar-refractivity contribution in [1.82, 2.24) is 0 Å². The van der Waals surface area contributed by atoms with Gasteiger partial charge < -0.3 is 56.3 Å². The summed E-state index contributed by atoms with van der Waals surface area (Å²) < 4.78 is 276. The normalized spacial score (nSPS) is 20.6. The monoisotopic (exact) mass is 1860 g/mol. The SMILES string of the molecule is CC(Oc1cccc([S+](c2ccc(C(C)(C)C)cc2)c2ccc(C3(C)OCC(C)(C(F)(F)F)O3)cc2)c1)C(F)(F)S(=O)(=O)[O-].CC(Oc1cccc([S+](c2ccc(C(C)(C)C)cc2)c2ccc(C3(C)OCC(C)(C)O3)cc2)c1)C(F)(F)S(=O)(=O)[O-].CC(Oc1cccc([S+](c2ccc(C(C)(C)C)cc2)c2ccc(C3(C)OCCCO3)cc2)c1)C(F)(F)S(=O)(=O)[O-]. The predicted octanol–water partition coefficient (Wildman–Crippen LogP) is 21.1. The zero-order chi connectivity index (χ0) is 92.7. The lowest BCUT2D eigenvalue weighted by molar-refractivity contribution is -0.283. The van der Waals surface area contributed by atoms with E-state index < -0.39 is 138 Å². The van der Waals surface area contributed by atoms with Crippen LogP contribution in [0.1, 0.15) is 164 Å². The number of hydrogen-bond acceptors (Lipinski definition) is 18. The zero-order valence-corrected chi connectivity index (χ0v) is 77.2. The van der Waals surface area contributed by atoms with Gasteiger partial charge in [0, 0.05) is 34.9 Å². The van der Waals surface area contributed by atoms with Gasteiger partial charge in [-0.3, -0.25) is 0 Å². The lowest BCUT2D eigenvalue weighted by Crippen LogP contribution is -2.45. The first-order valence-electron chi connectivity index (χ1n) is 39.7. The van der Waals surface area contributed by atoms with Gasteiger partial charge in [0.2, 0.25) is 0 Å². The molecule has 9 atom stereocenters. The average molecular weight is 1860 g/mol. The van der Waals surface area contributed by atoms with Crippen LogP contribution in [-0.4, -0.2) is 117 Å². The number of halogens is 9. The molecule has 3 saturated heterocycles. The van der Waals surface area contributed by atoms with Crippen LogP contribution in [0.2, 0.25) is 0 Å². The molecule has 0 aromatic heterocycles. The summed E-state index contributed by atoms with van der Waals surface area (Å²) in [7, 11) is -20.0. The topological polar surface area (TPSA) is 255 Å². The minimum absolute atomic E-state index is 0.0289. The quantitative estimate of drug-likeness (QED) is 0.0309. The van der Waals surface area contributed by atoms with E-state index in [1.165, 1.54) is 36.8 Å². The second-order valence-corrected chi connectivity index (χ2v) is 45.2. The van der Waals surface area contributed by atoms with Crippen molar-refractivity contribution in [3.05, 3.63) is 252 Å². The van der Waals surface area contributed by atoms with E-state index in [2.05, 4.69) is 111 Å². The van der Waals surface area contributed by atoms with Gasteiger partial charge in [-0.15, -0.1) is 0 Å². The zero-order valence-electron chi connectivity index (χ0n) is 72.3. The largest absolute Gasteiger partial charge is 0.743 e. The third-order valence-electron chi connectivity index (χ3n) is 21.0. The molecule has 9 aromatic rings. The van der Waals surface area contributed by atoms with Crippen molar-refractivity contribution in [3.8, 4) is 17.2 Å². The van der Waals surface area contributed by atoms with Crippen molar-refractivity contribution in [3.63, 3.8) is 0 Å². The van der Waals surface area contributed by atoms with Crippen LogP contribution < -0.4 is 14.2 Å². The smallest absolute Gasteiger partial charge is 0.419 e. The van der Waals surface area contributed by atoms with Crippen molar-refractivity contribution >= 4 is 63.0 Å². The standard InChI is InChI=1S/C31H33F5O6S2.C31H36F2O6S2.C30H34F2O6S2/c1-20(30(32,33)44(37,38)39)41-23-8-7-9-26(18-23)43(24-14-10-21(11-15-24)27(2,3)4)25-16-12-22(13-17-25)29(6)40-19-28(5,42-29)31(34,35)36;1-21(31(32,33)41(34,35)36)38-24-9-8-10-27(19-24)40(25-15-11-22(12-16-25)28(2,3)4)26-17-13-23(14-18-26)30(7)37-20-29(5,6)39-30;1-21(30(31,32)40(33,34)35)38-24-8-6-9-27(20-24)39(25-14-10-22(11-15-25)28(2,3)4)26-16-12-23(13-17-26)29(5)36-18-7-19-37-29/h7-18,20H,19H2,1-6H3;8-19,21H,20H2,1-7H3;6,8-17,20-21H,7,18-19H2,1-5H3. The molecule has 9 aromatic carbocycles. The maximum absolute atomic E-state index is 14.1. The Morgan fingerprint density at radius 2 is 0.584 bits per heavy atom. The van der Waals surface area contributed by atoms with Crippen LogP contribution in [0.15, 0.2) is 262 Å². The highest BCUT2D eigenvalue weighted by Crippen LogP contribution is 2.49. The molecule has 33 heteroatoms. The number of alkyl halides is 9. The van der Waals surface area contributed by atoms with Crippen LogP contribution in [0.5, 0.6) is 17.2 Å². The molecule has 12 rings (SSSR count). The van der Waals surface area contributed by atoms with Gasteiger partial charge in [-0.05, 0) is 247 Å². The summed E-state index contributed by atoms with van der Waals surface area (Å²) in [5, 5.41) is -13.8. The van der Waals surface area contributed by atoms with Crippen molar-refractivity contribution in [2.75, 3.05) is 26.4 Å². The molecule has 3 heterocycles. The Hall–Kier alpha value is -7.71. The highest BCUT2D eigenvalue weighted by atomic mass is 32.2. The summed E-state index contributed by atoms with van der Waals surface area (Å²) in [5.41, 5.74) is 2.44. The van der Waals surface area contributed by atoms with Crippen molar-refractivity contribution < 1.29 is 121 Å². The molecule has 0 amide bonds. The van der Waals surface area contributed by atoms with Crippen LogP contribution in [0.25, 0.3) is 0 Å². The van der Waals surface area contributed by atoms with Gasteiger partial charge in [0.25, 0.3) is 0 Å². The Balaban J connectivity index is 0.000000196. The number of hydrogen-bond donors (Lipinski definition) is 0. The van der Waals surface area contributed by atoms with Crippen molar-refractivity contribution in [2.45, 2.75) is 260 Å². The molecule has 18 nitrogen and oxygen atoms in total. The molecular weight excluding hydrogens is 1760 g/mol. The third kappa shape index (κ3) is 23.1. The van der Waals surface area contributed by atoms with Crippen LogP contribution in [0.3, 0.4) is 0 Å². The lowest BCUT2D eigenvalue weighted by atomic mass is 9.87. The van der Waals surface area contributed by atoms with E-state index >= 15 is 0 Å². The predicted molar refractivity (Wildman–Crippen MR) is 456 cm³/mol. The number of rotatable bonds is 24. The summed E-state index contributed by atoms with van der Waals surface area (Å²) in [6, 6.07) is 66.2. The molecule has 0 radical (unpaired) electrons. The van der Waals surface area contributed by atoms with Crippen molar-refractivity contribution in [2.24, 2.45) is 0 Å². The minimum Gasteiger partial charge on any atom is -0.743 e. The Bertz CT molecular complexity index is 5570. The fourth-order valence-electron chi connectivity index (χ4n) is 13.5. The summed E-state index contributed by atoms with van der Waals surface area (Å²) in [6.45, 7) is 32.6. The van der Waals surface area contributed by atoms with Gasteiger partial charge in [0.1, 0.15) is 17.2 Å². The van der Waals surface area contributed by atoms with Crippen molar-refractivity contribution in [1.29, 1.82) is 0 Å². The lowest BCUT2D eigenvalue weighted by Gasteiger charge is -2.34. The van der Waals surface area contributed by atoms with Crippen LogP contribution >= 0.6 is 0 Å². The average Bonchev–Trinajstić information content (AvgIpc) is 1.58. The van der Waals surface area contributed by atoms with Crippen LogP contribution in [-0.2, 0) is 125 Å². The number of benzene rings is 9. The molecule has 0 bridgehead atoms. The second-order valence-electron chi connectivity index (χ2n) is 34.7. The summed E-state index contributed by atoms with van der Waals surface area (Å²) in [5.74, 6) is -3.38. The summed E-state index contributed by atoms with van der Waals surface area (Å²) in [4.78, 5) is 7.62. The Morgan fingerprint density at radius 1 is 0.336 bits per heavy atom. The molecule has 0 saturated carbocycles. The first kappa shape index (κ1) is 99.5. The fourth-order valence-corrected chi connectivity index (χ4v) is 21.1. The summed E-state index contributed by atoms with van der Waals surface area (Å²) >= 11 is 0. The van der Waals surface area contributed by atoms with Crippen LogP contribution in [0, 0.1) is 0 Å². The van der Waals surface area contributed by atoms with Gasteiger partial charge in [-0.25, -0.2) is 25.3 Å². The molecule has 678 valence electrons. The first-order valence-corrected chi connectivity index (χ1v) is 47.6. The molecular formula is C92H103F9O18S6. The van der Waals surface area contributed by atoms with E-state index in [1.807, 2.05) is 113 Å². The molecule has 0 spiro atoms. The maximum Gasteiger partial charge on any atom is 0.419 e. The second kappa shape index (κ2) is 37.0. The molecule has 9 unspecified atom stereocenters. The van der Waals surface area contributed by atoms with E-state index in [9.17, 15) is 78.4 Å². The first-order chi connectivity index (χ1) is 57.5. The molecule has 3 aliphatic heterocycles. The van der Waals surface area contributed by atoms with Gasteiger partial charge in [0.05, 0.1) is 64.7 Å². The van der Waals surface area contributed by atoms with Gasteiger partial charge in [-0.2, -0.15) is 39.5 Å². The fraction of sp³-hybridized carbons (Fsp3) is 0.413. The van der Waals surface area contributed by atoms with E-state index in [0.29, 0.717) is 30.3 Å². The number of ether oxygens (including phenoxy) is 9. The Kier molecular flexibility index (Phi) is 29.5. The highest BCUT2D eigenvalue weighted by molar-refractivity contribution is 7.97. The maximum atomic E-state index is 14.1. The van der Waals surface area contributed by atoms with E-state index in [0.717, 1.165) is 95.5 Å². The molecule has 0 aliphatic carbocycles. The molecule has 125 heavy (non-hydrogen) atoms. The van der Waals surface area contributed by atoms with Gasteiger partial charge >= 0.3 is 21.9 Å². The summed E-state index contributed by atoms with van der Waals surface area (Å²) in [6.07, 6.45) is -10.4. The van der Waals surface area contributed by atoms with E-state index in [1.54, 1.807) is 60.7 Å². The third-order valence-corrected chi connectivity index (χ3v) is 30.7. The van der Waals surface area contributed by atoms with Gasteiger partial charge in [-0.1, -0.05) is 117 Å². The Morgan fingerprint density at radius 3 is 0.816 bits per heavy atom. The highest BCUT2D eigenvalue weighted by Gasteiger charge is 2.61. The van der Waals surface area contributed by atoms with Gasteiger partial charge in [0.15, 0.2) is 116 Å². The Labute approximate surface area is 734 Å². The molecule has 3 aliphatic rings. The van der Waals surface area contributed by atoms with Crippen LogP contribution in [0.4, 0.5) is 39.5 Å². The molecule has 0 N–H and O–H groups in total. The minimum atomic E-state index is -5.97. The van der Waals surface area contributed by atoms with E-state index in [-0.39, 0.29) is 33.5 Å². The molecule has 3 fully saturated rings. The van der Waals surface area contributed by atoms with E-state index in [4.69, 9.17) is 42.6 Å².